The first-order valence-corrected chi connectivity index (χ1v) is 10.7. The third-order valence-electron chi connectivity index (χ3n) is 7.31. The molecular weight excluding hydrogens is 402 g/mol. The number of aryl methyl sites for hydroxylation is 2. The molecule has 0 spiro atoms. The van der Waals surface area contributed by atoms with Gasteiger partial charge < -0.3 is 0 Å². The first-order chi connectivity index (χ1) is 15.1. The second kappa shape index (κ2) is 6.73. The van der Waals surface area contributed by atoms with Gasteiger partial charge in [-0.2, -0.15) is 0 Å². The van der Waals surface area contributed by atoms with Crippen LogP contribution in [0.4, 0.5) is 5.82 Å². The Bertz CT molecular complexity index is 1500. The van der Waals surface area contributed by atoms with E-state index >= 15 is 0 Å². The second-order valence-corrected chi connectivity index (χ2v) is 8.98. The van der Waals surface area contributed by atoms with Crippen molar-refractivity contribution in [2.24, 2.45) is 25.0 Å². The zero-order valence-electron chi connectivity index (χ0n) is 19.1. The number of benzene rings is 2. The number of fused-ring (bicyclic) bond motifs is 4. The molecule has 3 aromatic rings. The number of aromatic nitrogens is 2. The molecular formula is C26H25N3O3. The van der Waals surface area contributed by atoms with Crippen LogP contribution in [0.3, 0.4) is 0 Å². The monoisotopic (exact) mass is 427 g/mol. The molecule has 0 saturated carbocycles. The van der Waals surface area contributed by atoms with Crippen molar-refractivity contribution in [1.29, 1.82) is 0 Å². The Morgan fingerprint density at radius 1 is 0.781 bits per heavy atom. The molecule has 1 aromatic heterocycles. The fourth-order valence-electron chi connectivity index (χ4n) is 5.46. The van der Waals surface area contributed by atoms with Crippen molar-refractivity contribution < 1.29 is 4.79 Å². The van der Waals surface area contributed by atoms with Gasteiger partial charge in [0.25, 0.3) is 5.56 Å². The van der Waals surface area contributed by atoms with Gasteiger partial charge in [-0.3, -0.25) is 18.7 Å². The molecule has 0 fully saturated rings. The zero-order chi connectivity index (χ0) is 23.1. The number of hydrogen-bond acceptors (Lipinski definition) is 4. The summed E-state index contributed by atoms with van der Waals surface area (Å²) in [7, 11) is 3.11. The quantitative estimate of drug-likeness (QED) is 0.598. The molecule has 0 N–H and O–H groups in total. The van der Waals surface area contributed by atoms with Crippen LogP contribution in [0.1, 0.15) is 55.2 Å². The summed E-state index contributed by atoms with van der Waals surface area (Å²) in [6.45, 7) is 8.21. The number of Topliss-reactive ketones (excluding diaryl/α,β-unsaturated/α-hetero) is 1. The van der Waals surface area contributed by atoms with E-state index in [-0.39, 0.29) is 5.78 Å². The van der Waals surface area contributed by atoms with E-state index < -0.39 is 23.1 Å². The molecule has 6 nitrogen and oxygen atoms in total. The largest absolute Gasteiger partial charge is 0.332 e. The normalized spacial score (nSPS) is 18.8. The predicted molar refractivity (Wildman–Crippen MR) is 125 cm³/mol. The maximum atomic E-state index is 13.7. The third-order valence-corrected chi connectivity index (χ3v) is 7.31. The molecule has 162 valence electrons. The lowest BCUT2D eigenvalue weighted by Gasteiger charge is -2.32. The van der Waals surface area contributed by atoms with Crippen LogP contribution in [0.15, 0.2) is 44.9 Å². The van der Waals surface area contributed by atoms with Crippen LogP contribution >= 0.6 is 0 Å². The van der Waals surface area contributed by atoms with Crippen LogP contribution in [0.25, 0.3) is 0 Å². The lowest BCUT2D eigenvalue weighted by Crippen LogP contribution is -2.43. The second-order valence-electron chi connectivity index (χ2n) is 8.98. The third kappa shape index (κ3) is 2.46. The van der Waals surface area contributed by atoms with E-state index in [1.165, 1.54) is 17.2 Å². The molecule has 6 heteroatoms. The Labute approximate surface area is 185 Å². The Morgan fingerprint density at radius 3 is 2.12 bits per heavy atom. The molecule has 1 aliphatic heterocycles. The van der Waals surface area contributed by atoms with Gasteiger partial charge in [0.2, 0.25) is 0 Å². The highest BCUT2D eigenvalue weighted by Gasteiger charge is 2.48. The van der Waals surface area contributed by atoms with Crippen LogP contribution in [0.2, 0.25) is 0 Å². The molecule has 2 aromatic carbocycles. The topological polar surface area (TPSA) is 73.4 Å². The minimum Gasteiger partial charge on any atom is -0.293 e. The number of nitrogens with zero attached hydrogens (tertiary/aromatic N) is 3. The van der Waals surface area contributed by atoms with Gasteiger partial charge in [-0.25, -0.2) is 9.79 Å². The minimum absolute atomic E-state index is 0.0251. The molecule has 1 aliphatic carbocycles. The SMILES string of the molecule is Cc1cc(C)c([C@H]2c3c(n(C)c(=O)n(C)c3=O)N=C3c4ccccc4C(=O)[C@@H]32)c(C)c1C. The summed E-state index contributed by atoms with van der Waals surface area (Å²) >= 11 is 0. The summed E-state index contributed by atoms with van der Waals surface area (Å²) in [5.74, 6) is -0.786. The average molecular weight is 428 g/mol. The van der Waals surface area contributed by atoms with E-state index in [1.54, 1.807) is 7.05 Å². The molecule has 0 bridgehead atoms. The number of rotatable bonds is 1. The van der Waals surface area contributed by atoms with Crippen molar-refractivity contribution in [2.45, 2.75) is 33.6 Å². The summed E-state index contributed by atoms with van der Waals surface area (Å²) in [4.78, 5) is 44.7. The first kappa shape index (κ1) is 20.4. The Kier molecular flexibility index (Phi) is 4.28. The predicted octanol–water partition coefficient (Wildman–Crippen LogP) is 3.40. The van der Waals surface area contributed by atoms with Crippen LogP contribution < -0.4 is 11.2 Å². The standard InChI is InChI=1S/C26H25N3O3/c1-12-11-13(2)18(15(4)14(12)3)19-20-22(16-9-7-8-10-17(16)23(20)30)27-24-21(19)25(31)29(6)26(32)28(24)5/h7-11,19-20H,1-6H3/t19-,20-/m1/s1. The summed E-state index contributed by atoms with van der Waals surface area (Å²) < 4.78 is 2.54. The highest BCUT2D eigenvalue weighted by molar-refractivity contribution is 6.30. The van der Waals surface area contributed by atoms with Crippen molar-refractivity contribution in [3.63, 3.8) is 0 Å². The molecule has 32 heavy (non-hydrogen) atoms. The molecule has 2 atom stereocenters. The first-order valence-electron chi connectivity index (χ1n) is 10.7. The van der Waals surface area contributed by atoms with Crippen LogP contribution in [0.5, 0.6) is 0 Å². The van der Waals surface area contributed by atoms with E-state index in [0.717, 1.165) is 32.4 Å². The van der Waals surface area contributed by atoms with Gasteiger partial charge >= 0.3 is 5.69 Å². The lowest BCUT2D eigenvalue weighted by atomic mass is 9.73. The number of hydrogen-bond donors (Lipinski definition) is 0. The van der Waals surface area contributed by atoms with E-state index in [0.29, 0.717) is 22.7 Å². The Hall–Kier alpha value is -3.54. The number of carbonyl (C=O) groups excluding carboxylic acids is 1. The van der Waals surface area contributed by atoms with E-state index in [4.69, 9.17) is 4.99 Å². The summed E-state index contributed by atoms with van der Waals surface area (Å²) in [5.41, 5.74) is 7.02. The Balaban J connectivity index is 1.96. The maximum absolute atomic E-state index is 13.7. The lowest BCUT2D eigenvalue weighted by molar-refractivity contribution is 0.0953. The van der Waals surface area contributed by atoms with Crippen molar-refractivity contribution >= 4 is 17.3 Å². The number of ketones is 1. The van der Waals surface area contributed by atoms with E-state index in [1.807, 2.05) is 31.2 Å². The summed E-state index contributed by atoms with van der Waals surface area (Å²) in [6, 6.07) is 9.56. The minimum atomic E-state index is -0.593. The fraction of sp³-hybridized carbons (Fsp3) is 0.308. The van der Waals surface area contributed by atoms with Gasteiger partial charge in [-0.15, -0.1) is 0 Å². The fourth-order valence-corrected chi connectivity index (χ4v) is 5.46. The van der Waals surface area contributed by atoms with Crippen molar-refractivity contribution in [3.05, 3.63) is 95.7 Å². The van der Waals surface area contributed by atoms with Gasteiger partial charge in [-0.05, 0) is 55.5 Å². The summed E-state index contributed by atoms with van der Waals surface area (Å²) in [5, 5.41) is 0. The van der Waals surface area contributed by atoms with Crippen LogP contribution in [0, 0.1) is 33.6 Å². The van der Waals surface area contributed by atoms with Crippen LogP contribution in [-0.2, 0) is 14.1 Å². The summed E-state index contributed by atoms with van der Waals surface area (Å²) in [6.07, 6.45) is 0. The van der Waals surface area contributed by atoms with Crippen LogP contribution in [-0.4, -0.2) is 20.6 Å². The van der Waals surface area contributed by atoms with Crippen molar-refractivity contribution in [1.82, 2.24) is 9.13 Å². The number of aliphatic imine (C=N–C) groups is 1. The molecule has 0 amide bonds. The highest BCUT2D eigenvalue weighted by Crippen LogP contribution is 2.48. The zero-order valence-corrected chi connectivity index (χ0v) is 19.1. The molecule has 0 unspecified atom stereocenters. The van der Waals surface area contributed by atoms with E-state index in [9.17, 15) is 14.4 Å². The number of carbonyl (C=O) groups is 1. The van der Waals surface area contributed by atoms with Crippen molar-refractivity contribution in [3.8, 4) is 0 Å². The molecule has 2 heterocycles. The molecule has 5 rings (SSSR count). The average Bonchev–Trinajstić information content (AvgIpc) is 3.06. The van der Waals surface area contributed by atoms with Gasteiger partial charge in [-0.1, -0.05) is 30.3 Å². The van der Waals surface area contributed by atoms with Gasteiger partial charge in [0.1, 0.15) is 5.82 Å². The smallest absolute Gasteiger partial charge is 0.293 e. The van der Waals surface area contributed by atoms with Gasteiger partial charge in [0.15, 0.2) is 5.78 Å². The van der Waals surface area contributed by atoms with Crippen molar-refractivity contribution in [2.75, 3.05) is 0 Å². The van der Waals surface area contributed by atoms with Gasteiger partial charge in [0, 0.05) is 31.1 Å². The molecule has 2 aliphatic rings. The van der Waals surface area contributed by atoms with E-state index in [2.05, 4.69) is 26.8 Å². The highest BCUT2D eigenvalue weighted by atomic mass is 16.2. The molecule has 0 saturated heterocycles. The maximum Gasteiger partial charge on any atom is 0.332 e. The molecule has 0 radical (unpaired) electrons. The van der Waals surface area contributed by atoms with Gasteiger partial charge in [0.05, 0.1) is 17.2 Å². The Morgan fingerprint density at radius 2 is 1.44 bits per heavy atom.